The highest BCUT2D eigenvalue weighted by Crippen LogP contribution is 2.24. The fraction of sp³-hybridized carbons (Fsp3) is 0.333. The van der Waals surface area contributed by atoms with E-state index in [2.05, 4.69) is 11.8 Å². The Kier molecular flexibility index (Phi) is 3.62. The van der Waals surface area contributed by atoms with Gasteiger partial charge in [0.1, 0.15) is 5.75 Å². The van der Waals surface area contributed by atoms with E-state index in [-0.39, 0.29) is 0 Å². The van der Waals surface area contributed by atoms with Crippen molar-refractivity contribution in [1.29, 1.82) is 0 Å². The summed E-state index contributed by atoms with van der Waals surface area (Å²) in [6.45, 7) is 3.71. The van der Waals surface area contributed by atoms with E-state index in [4.69, 9.17) is 22.1 Å². The molecule has 80 valence electrons. The first-order valence-electron chi connectivity index (χ1n) is 4.58. The SMILES string of the molecule is COc1cc(C#CC(C)(C)N)ccc1Cl. The van der Waals surface area contributed by atoms with E-state index in [1.54, 1.807) is 19.2 Å². The Hall–Kier alpha value is -1.17. The van der Waals surface area contributed by atoms with Crippen LogP contribution < -0.4 is 10.5 Å². The van der Waals surface area contributed by atoms with Crippen molar-refractivity contribution < 1.29 is 4.74 Å². The van der Waals surface area contributed by atoms with Gasteiger partial charge in [-0.1, -0.05) is 23.4 Å². The van der Waals surface area contributed by atoms with Gasteiger partial charge in [-0.3, -0.25) is 0 Å². The van der Waals surface area contributed by atoms with Gasteiger partial charge in [0.2, 0.25) is 0 Å². The second kappa shape index (κ2) is 4.57. The molecule has 0 aliphatic heterocycles. The molecule has 0 fully saturated rings. The molecule has 0 unspecified atom stereocenters. The van der Waals surface area contributed by atoms with Crippen molar-refractivity contribution in [2.75, 3.05) is 7.11 Å². The van der Waals surface area contributed by atoms with Gasteiger partial charge in [-0.2, -0.15) is 0 Å². The van der Waals surface area contributed by atoms with Crippen LogP contribution in [0, 0.1) is 11.8 Å². The summed E-state index contributed by atoms with van der Waals surface area (Å²) in [4.78, 5) is 0. The molecule has 0 radical (unpaired) electrons. The van der Waals surface area contributed by atoms with Gasteiger partial charge in [0.05, 0.1) is 17.7 Å². The first kappa shape index (κ1) is 11.9. The number of methoxy groups -OCH3 is 1. The average molecular weight is 224 g/mol. The predicted octanol–water partition coefficient (Wildman–Crippen LogP) is 2.44. The molecule has 3 heteroatoms. The summed E-state index contributed by atoms with van der Waals surface area (Å²) in [5, 5.41) is 0.579. The number of nitrogens with two attached hydrogens (primary N) is 1. The Labute approximate surface area is 95.4 Å². The topological polar surface area (TPSA) is 35.2 Å². The zero-order chi connectivity index (χ0) is 11.5. The summed E-state index contributed by atoms with van der Waals surface area (Å²) in [6, 6.07) is 5.39. The minimum atomic E-state index is -0.493. The number of rotatable bonds is 1. The molecule has 2 nitrogen and oxygen atoms in total. The van der Waals surface area contributed by atoms with Crippen LogP contribution in [0.4, 0.5) is 0 Å². The molecule has 2 N–H and O–H groups in total. The summed E-state index contributed by atoms with van der Waals surface area (Å²) in [5.41, 5.74) is 6.10. The molecule has 0 aliphatic carbocycles. The lowest BCUT2D eigenvalue weighted by Crippen LogP contribution is -2.29. The maximum Gasteiger partial charge on any atom is 0.138 e. The second-order valence-electron chi connectivity index (χ2n) is 3.82. The van der Waals surface area contributed by atoms with E-state index < -0.39 is 5.54 Å². The van der Waals surface area contributed by atoms with Crippen molar-refractivity contribution in [3.63, 3.8) is 0 Å². The van der Waals surface area contributed by atoms with Gasteiger partial charge >= 0.3 is 0 Å². The number of halogens is 1. The van der Waals surface area contributed by atoms with Gasteiger partial charge in [0.25, 0.3) is 0 Å². The Bertz CT molecular complexity index is 410. The molecule has 0 aromatic heterocycles. The third-order valence-corrected chi connectivity index (χ3v) is 1.99. The third-order valence-electron chi connectivity index (χ3n) is 1.68. The normalized spacial score (nSPS) is 10.5. The van der Waals surface area contributed by atoms with Crippen LogP contribution in [-0.2, 0) is 0 Å². The van der Waals surface area contributed by atoms with Crippen molar-refractivity contribution in [3.05, 3.63) is 28.8 Å². The van der Waals surface area contributed by atoms with Gasteiger partial charge < -0.3 is 10.5 Å². The van der Waals surface area contributed by atoms with Crippen LogP contribution >= 0.6 is 11.6 Å². The minimum Gasteiger partial charge on any atom is -0.495 e. The lowest BCUT2D eigenvalue weighted by Gasteiger charge is -2.07. The highest BCUT2D eigenvalue weighted by molar-refractivity contribution is 6.32. The molecular weight excluding hydrogens is 210 g/mol. The molecule has 0 spiro atoms. The molecule has 0 atom stereocenters. The van der Waals surface area contributed by atoms with Gasteiger partial charge in [0.15, 0.2) is 0 Å². The molecule has 15 heavy (non-hydrogen) atoms. The van der Waals surface area contributed by atoms with Gasteiger partial charge in [0, 0.05) is 5.56 Å². The van der Waals surface area contributed by atoms with Crippen molar-refractivity contribution in [2.45, 2.75) is 19.4 Å². The number of benzene rings is 1. The fourth-order valence-electron chi connectivity index (χ4n) is 0.971. The molecule has 0 heterocycles. The first-order valence-corrected chi connectivity index (χ1v) is 4.96. The molecule has 0 aliphatic rings. The summed E-state index contributed by atoms with van der Waals surface area (Å²) in [5.74, 6) is 6.53. The van der Waals surface area contributed by atoms with Crippen LogP contribution in [0.25, 0.3) is 0 Å². The van der Waals surface area contributed by atoms with E-state index in [0.717, 1.165) is 5.56 Å². The smallest absolute Gasteiger partial charge is 0.138 e. The molecule has 0 saturated carbocycles. The lowest BCUT2D eigenvalue weighted by atomic mass is 10.1. The number of hydrogen-bond donors (Lipinski definition) is 1. The lowest BCUT2D eigenvalue weighted by molar-refractivity contribution is 0.415. The third kappa shape index (κ3) is 3.83. The highest BCUT2D eigenvalue weighted by atomic mass is 35.5. The van der Waals surface area contributed by atoms with Gasteiger partial charge in [-0.25, -0.2) is 0 Å². The van der Waals surface area contributed by atoms with Crippen molar-refractivity contribution in [1.82, 2.24) is 0 Å². The van der Waals surface area contributed by atoms with Crippen LogP contribution in [0.5, 0.6) is 5.75 Å². The van der Waals surface area contributed by atoms with E-state index in [1.165, 1.54) is 0 Å². The van der Waals surface area contributed by atoms with Crippen molar-refractivity contribution in [2.24, 2.45) is 5.73 Å². The minimum absolute atomic E-state index is 0.493. The average Bonchev–Trinajstić information content (AvgIpc) is 2.15. The maximum absolute atomic E-state index is 5.89. The number of hydrogen-bond acceptors (Lipinski definition) is 2. The second-order valence-corrected chi connectivity index (χ2v) is 4.23. The molecule has 1 aromatic rings. The Balaban J connectivity index is 3.01. The van der Waals surface area contributed by atoms with Crippen LogP contribution in [0.1, 0.15) is 19.4 Å². The van der Waals surface area contributed by atoms with E-state index in [0.29, 0.717) is 10.8 Å². The van der Waals surface area contributed by atoms with Crippen molar-refractivity contribution in [3.8, 4) is 17.6 Å². The van der Waals surface area contributed by atoms with Gasteiger partial charge in [-0.05, 0) is 32.0 Å². The predicted molar refractivity (Wildman–Crippen MR) is 63.1 cm³/mol. The van der Waals surface area contributed by atoms with Crippen LogP contribution in [0.2, 0.25) is 5.02 Å². The van der Waals surface area contributed by atoms with Crippen LogP contribution in [-0.4, -0.2) is 12.6 Å². The van der Waals surface area contributed by atoms with E-state index >= 15 is 0 Å². The Morgan fingerprint density at radius 2 is 2.07 bits per heavy atom. The van der Waals surface area contributed by atoms with Crippen molar-refractivity contribution >= 4 is 11.6 Å². The van der Waals surface area contributed by atoms with Crippen LogP contribution in [0.15, 0.2) is 18.2 Å². The Morgan fingerprint density at radius 1 is 1.40 bits per heavy atom. The largest absolute Gasteiger partial charge is 0.495 e. The summed E-state index contributed by atoms with van der Waals surface area (Å²) >= 11 is 5.89. The summed E-state index contributed by atoms with van der Waals surface area (Å²) in [7, 11) is 1.57. The molecule has 1 aromatic carbocycles. The summed E-state index contributed by atoms with van der Waals surface area (Å²) in [6.07, 6.45) is 0. The monoisotopic (exact) mass is 223 g/mol. The quantitative estimate of drug-likeness (QED) is 0.743. The zero-order valence-electron chi connectivity index (χ0n) is 9.10. The van der Waals surface area contributed by atoms with E-state index in [1.807, 2.05) is 19.9 Å². The Morgan fingerprint density at radius 3 is 2.60 bits per heavy atom. The fourth-order valence-corrected chi connectivity index (χ4v) is 1.17. The molecule has 0 bridgehead atoms. The molecule has 0 amide bonds. The van der Waals surface area contributed by atoms with E-state index in [9.17, 15) is 0 Å². The summed E-state index contributed by atoms with van der Waals surface area (Å²) < 4.78 is 5.09. The van der Waals surface area contributed by atoms with Crippen LogP contribution in [0.3, 0.4) is 0 Å². The van der Waals surface area contributed by atoms with Gasteiger partial charge in [-0.15, -0.1) is 0 Å². The maximum atomic E-state index is 5.89. The molecule has 1 rings (SSSR count). The standard InChI is InChI=1S/C12H14ClNO/c1-12(2,14)7-6-9-4-5-10(13)11(8-9)15-3/h4-5,8H,14H2,1-3H3. The zero-order valence-corrected chi connectivity index (χ0v) is 9.85. The molecular formula is C12H14ClNO. The highest BCUT2D eigenvalue weighted by Gasteiger charge is 2.04. The first-order chi connectivity index (χ1) is 6.92. The number of ether oxygens (including phenoxy) is 1. The molecule has 0 saturated heterocycles.